The molecule has 3 aromatic carbocycles. The van der Waals surface area contributed by atoms with Crippen LogP contribution in [0.5, 0.6) is 0 Å². The summed E-state index contributed by atoms with van der Waals surface area (Å²) >= 11 is 0. The molecule has 1 aliphatic heterocycles. The first-order valence-electron chi connectivity index (χ1n) is 13.8. The Balaban J connectivity index is 1.37. The van der Waals surface area contributed by atoms with Crippen molar-refractivity contribution in [1.82, 2.24) is 0 Å². The molecule has 6 aromatic rings. The van der Waals surface area contributed by atoms with Gasteiger partial charge in [0.1, 0.15) is 18.2 Å². The topological polar surface area (TPSA) is 20.9 Å². The van der Waals surface area contributed by atoms with Crippen LogP contribution in [0.2, 0.25) is 0 Å². The molecule has 0 aliphatic carbocycles. The quantitative estimate of drug-likeness (QED) is 0.172. The molecule has 3 nitrogen and oxygen atoms in total. The van der Waals surface area contributed by atoms with Crippen LogP contribution in [-0.2, 0) is 13.5 Å². The van der Waals surface area contributed by atoms with E-state index in [1.54, 1.807) is 0 Å². The lowest BCUT2D eigenvalue weighted by Crippen LogP contribution is -2.46. The van der Waals surface area contributed by atoms with Crippen molar-refractivity contribution >= 4 is 21.9 Å². The zero-order valence-corrected chi connectivity index (χ0v) is 22.5. The van der Waals surface area contributed by atoms with Crippen LogP contribution in [0.15, 0.2) is 120 Å². The number of aromatic nitrogens is 2. The van der Waals surface area contributed by atoms with Gasteiger partial charge in [-0.1, -0.05) is 55.1 Å². The summed E-state index contributed by atoms with van der Waals surface area (Å²) in [7, 11) is 2.12. The first-order valence-corrected chi connectivity index (χ1v) is 13.8. The maximum absolute atomic E-state index is 6.58. The molecule has 0 spiro atoms. The molecule has 0 saturated heterocycles. The van der Waals surface area contributed by atoms with Crippen molar-refractivity contribution in [1.29, 1.82) is 0 Å². The summed E-state index contributed by atoms with van der Waals surface area (Å²) in [6.07, 6.45) is 8.40. The third-order valence-corrected chi connectivity index (χ3v) is 8.42. The van der Waals surface area contributed by atoms with Crippen LogP contribution in [0.1, 0.15) is 35.1 Å². The Kier molecular flexibility index (Phi) is 5.66. The van der Waals surface area contributed by atoms with Gasteiger partial charge in [0.05, 0.1) is 11.5 Å². The Morgan fingerprint density at radius 3 is 2.56 bits per heavy atom. The Labute approximate surface area is 229 Å². The highest BCUT2D eigenvalue weighted by molar-refractivity contribution is 6.09. The second-order valence-electron chi connectivity index (χ2n) is 10.7. The summed E-state index contributed by atoms with van der Waals surface area (Å²) < 4.78 is 11.2. The monoisotopic (exact) mass is 508 g/mol. The van der Waals surface area contributed by atoms with E-state index in [1.165, 1.54) is 44.6 Å². The maximum Gasteiger partial charge on any atom is 0.216 e. The van der Waals surface area contributed by atoms with Crippen LogP contribution >= 0.6 is 0 Å². The molecule has 7 rings (SSSR count). The van der Waals surface area contributed by atoms with E-state index in [0.717, 1.165) is 29.4 Å². The number of aryl methyl sites for hydroxylation is 3. The van der Waals surface area contributed by atoms with Crippen molar-refractivity contribution in [2.24, 2.45) is 7.05 Å². The standard InChI is InChI=1S/C36H32N2O/c1-4-31-28(26-11-5-6-12-27(26)32-14-9-10-21-38(31)32)18-16-25-17-19-30-29-13-7-8-15-34(29)39-36(30)35(25)33-23-24(2)20-22-37(33)3/h4-15,17,19-23,28,31H,1,16,18H2,2-3H3/q+2. The van der Waals surface area contributed by atoms with Crippen LogP contribution in [0.4, 0.5) is 0 Å². The van der Waals surface area contributed by atoms with Gasteiger partial charge in [0.15, 0.2) is 18.4 Å². The smallest absolute Gasteiger partial charge is 0.216 e. The van der Waals surface area contributed by atoms with Crippen LogP contribution in [0.3, 0.4) is 0 Å². The summed E-state index contributed by atoms with van der Waals surface area (Å²) in [6.45, 7) is 6.43. The Bertz CT molecular complexity index is 1880. The van der Waals surface area contributed by atoms with Crippen molar-refractivity contribution in [2.75, 3.05) is 0 Å². The van der Waals surface area contributed by atoms with Gasteiger partial charge in [-0.15, -0.1) is 0 Å². The predicted molar refractivity (Wildman–Crippen MR) is 157 cm³/mol. The number of rotatable bonds is 5. The van der Waals surface area contributed by atoms with E-state index in [2.05, 4.69) is 133 Å². The van der Waals surface area contributed by atoms with Crippen molar-refractivity contribution in [3.63, 3.8) is 0 Å². The van der Waals surface area contributed by atoms with E-state index in [-0.39, 0.29) is 6.04 Å². The number of allylic oxidation sites excluding steroid dienone is 1. The van der Waals surface area contributed by atoms with Crippen LogP contribution < -0.4 is 9.13 Å². The van der Waals surface area contributed by atoms with Gasteiger partial charge in [-0.3, -0.25) is 0 Å². The molecular weight excluding hydrogens is 476 g/mol. The summed E-state index contributed by atoms with van der Waals surface area (Å²) in [6, 6.07) is 32.9. The number of hydrogen-bond acceptors (Lipinski definition) is 1. The zero-order valence-electron chi connectivity index (χ0n) is 22.5. The molecule has 3 aromatic heterocycles. The van der Waals surface area contributed by atoms with E-state index in [1.807, 2.05) is 6.07 Å². The average molecular weight is 509 g/mol. The summed E-state index contributed by atoms with van der Waals surface area (Å²) in [5.74, 6) is 0.323. The third-order valence-electron chi connectivity index (χ3n) is 8.42. The highest BCUT2D eigenvalue weighted by atomic mass is 16.3. The van der Waals surface area contributed by atoms with E-state index in [4.69, 9.17) is 4.42 Å². The normalized spacial score (nSPS) is 16.3. The molecular formula is C36H32N2O+2. The van der Waals surface area contributed by atoms with Gasteiger partial charge in [-0.25, -0.2) is 4.57 Å². The molecule has 0 bridgehead atoms. The summed E-state index contributed by atoms with van der Waals surface area (Å²) in [4.78, 5) is 0. The van der Waals surface area contributed by atoms with E-state index < -0.39 is 0 Å². The first-order chi connectivity index (χ1) is 19.1. The van der Waals surface area contributed by atoms with Gasteiger partial charge in [0.2, 0.25) is 11.4 Å². The second-order valence-corrected chi connectivity index (χ2v) is 10.7. The van der Waals surface area contributed by atoms with Gasteiger partial charge in [-0.2, -0.15) is 4.57 Å². The number of furan rings is 1. The van der Waals surface area contributed by atoms with E-state index in [9.17, 15) is 0 Å². The van der Waals surface area contributed by atoms with Crippen LogP contribution in [-0.4, -0.2) is 0 Å². The molecule has 0 fully saturated rings. The summed E-state index contributed by atoms with van der Waals surface area (Å²) in [5, 5.41) is 2.33. The molecule has 2 unspecified atom stereocenters. The number of nitrogens with zero attached hydrogens (tertiary/aromatic N) is 2. The third kappa shape index (κ3) is 3.80. The Morgan fingerprint density at radius 2 is 1.67 bits per heavy atom. The minimum Gasteiger partial charge on any atom is -0.455 e. The molecule has 4 heterocycles. The van der Waals surface area contributed by atoms with Crippen molar-refractivity contribution < 1.29 is 13.6 Å². The van der Waals surface area contributed by atoms with Crippen LogP contribution in [0, 0.1) is 6.92 Å². The number of benzene rings is 3. The molecule has 39 heavy (non-hydrogen) atoms. The van der Waals surface area contributed by atoms with Crippen molar-refractivity contribution in [2.45, 2.75) is 31.7 Å². The van der Waals surface area contributed by atoms with Gasteiger partial charge < -0.3 is 4.42 Å². The second kappa shape index (κ2) is 9.36. The predicted octanol–water partition coefficient (Wildman–Crippen LogP) is 7.80. The highest BCUT2D eigenvalue weighted by Crippen LogP contribution is 2.43. The van der Waals surface area contributed by atoms with Crippen molar-refractivity contribution in [3.8, 4) is 22.5 Å². The molecule has 2 atom stereocenters. The van der Waals surface area contributed by atoms with Crippen molar-refractivity contribution in [3.05, 3.63) is 133 Å². The minimum atomic E-state index is 0.199. The Morgan fingerprint density at radius 1 is 0.846 bits per heavy atom. The lowest BCUT2D eigenvalue weighted by molar-refractivity contribution is -0.707. The van der Waals surface area contributed by atoms with Gasteiger partial charge in [-0.05, 0) is 60.7 Å². The molecule has 0 radical (unpaired) electrons. The fourth-order valence-electron chi connectivity index (χ4n) is 6.53. The molecule has 0 amide bonds. The summed E-state index contributed by atoms with van der Waals surface area (Å²) in [5.41, 5.74) is 10.8. The largest absolute Gasteiger partial charge is 0.455 e. The van der Waals surface area contributed by atoms with Gasteiger partial charge in [0.25, 0.3) is 0 Å². The maximum atomic E-state index is 6.58. The van der Waals surface area contributed by atoms with Gasteiger partial charge in [0, 0.05) is 40.6 Å². The highest BCUT2D eigenvalue weighted by Gasteiger charge is 2.37. The number of hydrogen-bond donors (Lipinski definition) is 0. The van der Waals surface area contributed by atoms with E-state index >= 15 is 0 Å². The zero-order chi connectivity index (χ0) is 26.5. The average Bonchev–Trinajstić information content (AvgIpc) is 3.35. The molecule has 3 heteroatoms. The van der Waals surface area contributed by atoms with Crippen LogP contribution in [0.25, 0.3) is 44.5 Å². The lowest BCUT2D eigenvalue weighted by Gasteiger charge is -2.29. The first kappa shape index (κ1) is 23.6. The number of pyridine rings is 2. The molecule has 0 saturated carbocycles. The molecule has 0 N–H and O–H groups in total. The Hall–Kier alpha value is -4.50. The fourth-order valence-corrected chi connectivity index (χ4v) is 6.53. The minimum absolute atomic E-state index is 0.199. The van der Waals surface area contributed by atoms with E-state index in [0.29, 0.717) is 5.92 Å². The fraction of sp³-hybridized carbons (Fsp3) is 0.167. The molecule has 190 valence electrons. The van der Waals surface area contributed by atoms with Gasteiger partial charge >= 0.3 is 0 Å². The molecule has 1 aliphatic rings. The lowest BCUT2D eigenvalue weighted by atomic mass is 9.79. The number of fused-ring (bicyclic) bond motifs is 6. The SMILES string of the molecule is C=CC1C(CCc2ccc3c(oc4ccccc43)c2-c2cc(C)cc[n+]2C)c2ccccc2-c2cccc[n+]21. The number of para-hydroxylation sites is 1.